The molecule has 0 fully saturated rings. The Morgan fingerprint density at radius 2 is 2.00 bits per heavy atom. The van der Waals surface area contributed by atoms with Gasteiger partial charge in [0.2, 0.25) is 5.78 Å². The van der Waals surface area contributed by atoms with Crippen molar-refractivity contribution in [3.8, 4) is 0 Å². The predicted octanol–water partition coefficient (Wildman–Crippen LogP) is 1.81. The number of hydrogen-bond acceptors (Lipinski definition) is 4. The molecule has 8 nitrogen and oxygen atoms in total. The minimum atomic E-state index is -0.418. The largest absolute Gasteiger partial charge is 0.383 e. The minimum Gasteiger partial charge on any atom is -0.383 e. The number of aromatic nitrogens is 5. The van der Waals surface area contributed by atoms with Crippen LogP contribution in [-0.4, -0.2) is 36.8 Å². The fourth-order valence-electron chi connectivity index (χ4n) is 3.47. The van der Waals surface area contributed by atoms with Crippen LogP contribution < -0.4 is 11.2 Å². The summed E-state index contributed by atoms with van der Waals surface area (Å²) in [4.78, 5) is 30.6. The SMILES string of the molecule is COCCn1c(C)cn2c3c(=O)n(Cc4cccc(Cl)c4)c(=O)n(C)c3nc12. The van der Waals surface area contributed by atoms with Gasteiger partial charge in [-0.05, 0) is 24.6 Å². The van der Waals surface area contributed by atoms with E-state index in [1.165, 1.54) is 9.13 Å². The van der Waals surface area contributed by atoms with Crippen LogP contribution in [0.15, 0.2) is 40.1 Å². The molecule has 146 valence electrons. The molecule has 1 aromatic carbocycles. The van der Waals surface area contributed by atoms with Crippen LogP contribution in [0.1, 0.15) is 11.3 Å². The highest BCUT2D eigenvalue weighted by molar-refractivity contribution is 6.30. The van der Waals surface area contributed by atoms with Gasteiger partial charge in [0.1, 0.15) is 0 Å². The van der Waals surface area contributed by atoms with Gasteiger partial charge in [0.25, 0.3) is 5.56 Å². The first-order chi connectivity index (χ1) is 13.4. The minimum absolute atomic E-state index is 0.138. The van der Waals surface area contributed by atoms with Crippen molar-refractivity contribution in [2.75, 3.05) is 13.7 Å². The number of rotatable bonds is 5. The third-order valence-corrected chi connectivity index (χ3v) is 5.12. The smallest absolute Gasteiger partial charge is 0.332 e. The van der Waals surface area contributed by atoms with Crippen LogP contribution in [-0.2, 0) is 24.9 Å². The van der Waals surface area contributed by atoms with Crippen molar-refractivity contribution in [3.05, 3.63) is 67.6 Å². The van der Waals surface area contributed by atoms with E-state index < -0.39 is 5.69 Å². The summed E-state index contributed by atoms with van der Waals surface area (Å²) in [6, 6.07) is 7.12. The fourth-order valence-corrected chi connectivity index (χ4v) is 3.68. The Hall–Kier alpha value is -2.84. The molecule has 0 saturated heterocycles. The van der Waals surface area contributed by atoms with Gasteiger partial charge >= 0.3 is 5.69 Å². The van der Waals surface area contributed by atoms with E-state index in [0.29, 0.717) is 35.1 Å². The summed E-state index contributed by atoms with van der Waals surface area (Å²) in [6.07, 6.45) is 1.86. The molecule has 4 rings (SSSR count). The average molecular weight is 402 g/mol. The standard InChI is InChI=1S/C19H20ClN5O3/c1-12-10-24-15-16(21-18(24)23(12)7-8-28-3)22(2)19(27)25(17(15)26)11-13-5-4-6-14(20)9-13/h4-6,9-10H,7-8,11H2,1-3H3. The zero-order valence-corrected chi connectivity index (χ0v) is 16.6. The number of fused-ring (bicyclic) bond motifs is 3. The van der Waals surface area contributed by atoms with Crippen LogP contribution in [0.25, 0.3) is 16.9 Å². The monoisotopic (exact) mass is 401 g/mol. The Morgan fingerprint density at radius 3 is 2.71 bits per heavy atom. The second-order valence-electron chi connectivity index (χ2n) is 6.73. The lowest BCUT2D eigenvalue weighted by Crippen LogP contribution is -2.39. The lowest BCUT2D eigenvalue weighted by Gasteiger charge is -2.08. The molecule has 3 heterocycles. The molecule has 4 aromatic rings. The molecule has 0 spiro atoms. The third kappa shape index (κ3) is 2.85. The van der Waals surface area contributed by atoms with Crippen molar-refractivity contribution < 1.29 is 4.74 Å². The molecular weight excluding hydrogens is 382 g/mol. The number of hydrogen-bond donors (Lipinski definition) is 0. The first-order valence-corrected chi connectivity index (χ1v) is 9.21. The quantitative estimate of drug-likeness (QED) is 0.511. The summed E-state index contributed by atoms with van der Waals surface area (Å²) in [5, 5.41) is 0.557. The molecule has 3 aromatic heterocycles. The molecule has 0 atom stereocenters. The summed E-state index contributed by atoms with van der Waals surface area (Å²) in [7, 11) is 3.26. The van der Waals surface area contributed by atoms with Crippen LogP contribution in [0.4, 0.5) is 0 Å². The van der Waals surface area contributed by atoms with E-state index in [2.05, 4.69) is 4.98 Å². The maximum absolute atomic E-state index is 13.2. The number of nitrogens with zero attached hydrogens (tertiary/aromatic N) is 5. The molecule has 0 N–H and O–H groups in total. The van der Waals surface area contributed by atoms with Crippen LogP contribution in [0, 0.1) is 6.92 Å². The second-order valence-corrected chi connectivity index (χ2v) is 7.17. The number of benzene rings is 1. The Kier molecular flexibility index (Phi) is 4.60. The maximum atomic E-state index is 13.2. The predicted molar refractivity (Wildman–Crippen MR) is 107 cm³/mol. The van der Waals surface area contributed by atoms with Gasteiger partial charge in [-0.1, -0.05) is 23.7 Å². The molecule has 0 bridgehead atoms. The Labute approximate surface area is 165 Å². The Morgan fingerprint density at radius 1 is 1.21 bits per heavy atom. The van der Waals surface area contributed by atoms with Crippen LogP contribution in [0.3, 0.4) is 0 Å². The van der Waals surface area contributed by atoms with Crippen molar-refractivity contribution in [2.24, 2.45) is 7.05 Å². The van der Waals surface area contributed by atoms with Gasteiger partial charge in [-0.25, -0.2) is 4.79 Å². The zero-order chi connectivity index (χ0) is 20.0. The molecule has 0 unspecified atom stereocenters. The number of methoxy groups -OCH3 is 1. The molecule has 0 aliphatic carbocycles. The molecule has 28 heavy (non-hydrogen) atoms. The van der Waals surface area contributed by atoms with E-state index in [1.807, 2.05) is 23.8 Å². The summed E-state index contributed by atoms with van der Waals surface area (Å²) in [5.74, 6) is 0.608. The highest BCUT2D eigenvalue weighted by Gasteiger charge is 2.20. The third-order valence-electron chi connectivity index (χ3n) is 4.89. The van der Waals surface area contributed by atoms with Crippen LogP contribution in [0.5, 0.6) is 0 Å². The normalized spacial score (nSPS) is 11.7. The molecule has 0 radical (unpaired) electrons. The van der Waals surface area contributed by atoms with E-state index in [4.69, 9.17) is 16.3 Å². The van der Waals surface area contributed by atoms with E-state index in [0.717, 1.165) is 11.3 Å². The Bertz CT molecular complexity index is 1310. The fraction of sp³-hybridized carbons (Fsp3) is 0.316. The van der Waals surface area contributed by atoms with E-state index >= 15 is 0 Å². The number of imidazole rings is 2. The lowest BCUT2D eigenvalue weighted by atomic mass is 10.2. The molecule has 0 amide bonds. The zero-order valence-electron chi connectivity index (χ0n) is 15.8. The lowest BCUT2D eigenvalue weighted by molar-refractivity contribution is 0.187. The molecular formula is C19H20ClN5O3. The highest BCUT2D eigenvalue weighted by atomic mass is 35.5. The molecule has 0 aliphatic heterocycles. The number of ether oxygens (including phenoxy) is 1. The van der Waals surface area contributed by atoms with E-state index in [9.17, 15) is 9.59 Å². The first-order valence-electron chi connectivity index (χ1n) is 8.83. The number of halogens is 1. The van der Waals surface area contributed by atoms with Gasteiger partial charge in [-0.15, -0.1) is 0 Å². The summed E-state index contributed by atoms with van der Waals surface area (Å²) < 4.78 is 11.5. The van der Waals surface area contributed by atoms with Crippen LogP contribution in [0.2, 0.25) is 5.02 Å². The van der Waals surface area contributed by atoms with Crippen molar-refractivity contribution in [1.82, 2.24) is 23.1 Å². The Balaban J connectivity index is 1.97. The summed E-state index contributed by atoms with van der Waals surface area (Å²) in [5.41, 5.74) is 1.67. The van der Waals surface area contributed by atoms with E-state index in [1.54, 1.807) is 36.8 Å². The molecule has 0 aliphatic rings. The second kappa shape index (κ2) is 6.96. The topological polar surface area (TPSA) is 75.5 Å². The maximum Gasteiger partial charge on any atom is 0.332 e. The summed E-state index contributed by atoms with van der Waals surface area (Å²) in [6.45, 7) is 3.21. The van der Waals surface area contributed by atoms with Crippen molar-refractivity contribution in [2.45, 2.75) is 20.0 Å². The summed E-state index contributed by atoms with van der Waals surface area (Å²) >= 11 is 6.04. The van der Waals surface area contributed by atoms with Crippen molar-refractivity contribution in [1.29, 1.82) is 0 Å². The van der Waals surface area contributed by atoms with Gasteiger partial charge in [0, 0.05) is 37.6 Å². The van der Waals surface area contributed by atoms with Gasteiger partial charge in [-0.2, -0.15) is 4.98 Å². The van der Waals surface area contributed by atoms with E-state index in [-0.39, 0.29) is 12.1 Å². The van der Waals surface area contributed by atoms with Gasteiger partial charge in [-0.3, -0.25) is 18.3 Å². The highest BCUT2D eigenvalue weighted by Crippen LogP contribution is 2.16. The average Bonchev–Trinajstić information content (AvgIpc) is 3.17. The number of aryl methyl sites for hydroxylation is 2. The molecule has 9 heteroatoms. The van der Waals surface area contributed by atoms with Crippen molar-refractivity contribution in [3.63, 3.8) is 0 Å². The van der Waals surface area contributed by atoms with Crippen molar-refractivity contribution >= 4 is 28.5 Å². The van der Waals surface area contributed by atoms with Gasteiger partial charge in [0.05, 0.1) is 13.2 Å². The van der Waals surface area contributed by atoms with Gasteiger partial charge in [0.15, 0.2) is 11.2 Å². The van der Waals surface area contributed by atoms with Crippen LogP contribution >= 0.6 is 11.6 Å². The first kappa shape index (κ1) is 18.5. The van der Waals surface area contributed by atoms with Gasteiger partial charge < -0.3 is 9.30 Å². The molecule has 0 saturated carbocycles.